The van der Waals surface area contributed by atoms with Gasteiger partial charge >= 0.3 is 0 Å². The Labute approximate surface area is 210 Å². The van der Waals surface area contributed by atoms with E-state index >= 15 is 0 Å². The van der Waals surface area contributed by atoms with Gasteiger partial charge in [-0.25, -0.2) is 0 Å². The Morgan fingerprint density at radius 2 is 1.79 bits per heavy atom. The zero-order chi connectivity index (χ0) is 24.2. The molecule has 6 nitrogen and oxygen atoms in total. The lowest BCUT2D eigenvalue weighted by Crippen LogP contribution is -2.33. The van der Waals surface area contributed by atoms with Crippen molar-refractivity contribution in [2.24, 2.45) is 0 Å². The zero-order valence-corrected chi connectivity index (χ0v) is 22.0. The molecule has 2 aromatic carbocycles. The molecule has 0 unspecified atom stereocenters. The van der Waals surface area contributed by atoms with Gasteiger partial charge in [-0.3, -0.25) is 9.59 Å². The smallest absolute Gasteiger partial charge is 0.291 e. The van der Waals surface area contributed by atoms with Gasteiger partial charge in [0.1, 0.15) is 4.53 Å². The van der Waals surface area contributed by atoms with E-state index < -0.39 is 0 Å². The SMILES string of the molecule is CCCCN1C(=O)C(=c2sc3nc(-c4ccc(C(C)(C)C)cc4)nn3c2=O)c2cc(Br)ccc21. The van der Waals surface area contributed by atoms with Gasteiger partial charge in [-0.05, 0) is 35.6 Å². The minimum absolute atomic E-state index is 0.0545. The van der Waals surface area contributed by atoms with Gasteiger partial charge in [-0.2, -0.15) is 9.50 Å². The van der Waals surface area contributed by atoms with Crippen molar-refractivity contribution in [2.75, 3.05) is 11.4 Å². The fourth-order valence-corrected chi connectivity index (χ4v) is 5.55. The summed E-state index contributed by atoms with van der Waals surface area (Å²) in [7, 11) is 0. The first-order valence-electron chi connectivity index (χ1n) is 11.4. The van der Waals surface area contributed by atoms with Crippen molar-refractivity contribution in [2.45, 2.75) is 46.0 Å². The first-order valence-corrected chi connectivity index (χ1v) is 13.0. The van der Waals surface area contributed by atoms with Crippen LogP contribution in [0.1, 0.15) is 51.7 Å². The van der Waals surface area contributed by atoms with Crippen molar-refractivity contribution in [3.05, 3.63) is 73.0 Å². The predicted molar refractivity (Wildman–Crippen MR) is 140 cm³/mol. The van der Waals surface area contributed by atoms with E-state index in [4.69, 9.17) is 0 Å². The largest absolute Gasteiger partial charge is 0.308 e. The number of rotatable bonds is 4. The molecule has 0 atom stereocenters. The summed E-state index contributed by atoms with van der Waals surface area (Å²) in [5.74, 6) is 0.368. The third-order valence-corrected chi connectivity index (χ3v) is 7.63. The Morgan fingerprint density at radius 3 is 2.44 bits per heavy atom. The average molecular weight is 537 g/mol. The normalized spacial score (nSPS) is 15.4. The molecule has 0 saturated heterocycles. The number of anilines is 1. The highest BCUT2D eigenvalue weighted by Crippen LogP contribution is 2.37. The Kier molecular flexibility index (Phi) is 5.68. The van der Waals surface area contributed by atoms with Gasteiger partial charge in [0.2, 0.25) is 4.96 Å². The molecule has 4 aromatic rings. The lowest BCUT2D eigenvalue weighted by molar-refractivity contribution is -0.113. The molecule has 0 spiro atoms. The molecule has 34 heavy (non-hydrogen) atoms. The van der Waals surface area contributed by atoms with E-state index in [1.807, 2.05) is 30.3 Å². The Balaban J connectivity index is 1.63. The van der Waals surface area contributed by atoms with Gasteiger partial charge in [-0.15, -0.1) is 5.10 Å². The van der Waals surface area contributed by atoms with Crippen LogP contribution in [0.4, 0.5) is 5.69 Å². The van der Waals surface area contributed by atoms with Crippen LogP contribution in [0.3, 0.4) is 0 Å². The maximum atomic E-state index is 13.4. The number of benzene rings is 2. The summed E-state index contributed by atoms with van der Waals surface area (Å²) in [4.78, 5) is 33.7. The number of unbranched alkanes of at least 4 members (excludes halogenated alkanes) is 1. The van der Waals surface area contributed by atoms with E-state index in [9.17, 15) is 9.59 Å². The van der Waals surface area contributed by atoms with Crippen LogP contribution in [0.2, 0.25) is 0 Å². The number of amides is 1. The molecule has 3 heterocycles. The third-order valence-electron chi connectivity index (χ3n) is 6.11. The molecule has 0 N–H and O–H groups in total. The monoisotopic (exact) mass is 536 g/mol. The summed E-state index contributed by atoms with van der Waals surface area (Å²) in [6.45, 7) is 9.22. The summed E-state index contributed by atoms with van der Waals surface area (Å²) < 4.78 is 2.56. The molecular weight excluding hydrogens is 512 g/mol. The molecule has 1 amide bonds. The number of hydrogen-bond donors (Lipinski definition) is 0. The molecule has 8 heteroatoms. The number of carbonyl (C=O) groups is 1. The number of fused-ring (bicyclic) bond motifs is 2. The molecule has 1 aliphatic rings. The molecule has 0 radical (unpaired) electrons. The highest BCUT2D eigenvalue weighted by Gasteiger charge is 2.34. The summed E-state index contributed by atoms with van der Waals surface area (Å²) in [6.07, 6.45) is 1.87. The molecule has 0 bridgehead atoms. The average Bonchev–Trinajstić information content (AvgIpc) is 3.42. The highest BCUT2D eigenvalue weighted by atomic mass is 79.9. The van der Waals surface area contributed by atoms with Gasteiger partial charge in [0.15, 0.2) is 5.82 Å². The molecule has 2 aromatic heterocycles. The molecule has 0 fully saturated rings. The van der Waals surface area contributed by atoms with Crippen LogP contribution in [0.15, 0.2) is 51.7 Å². The van der Waals surface area contributed by atoms with E-state index in [-0.39, 0.29) is 16.9 Å². The minimum Gasteiger partial charge on any atom is -0.308 e. The summed E-state index contributed by atoms with van der Waals surface area (Å²) >= 11 is 4.73. The van der Waals surface area contributed by atoms with Crippen LogP contribution in [0.5, 0.6) is 0 Å². The van der Waals surface area contributed by atoms with Crippen LogP contribution in [0.25, 0.3) is 21.9 Å². The van der Waals surface area contributed by atoms with Crippen molar-refractivity contribution in [3.8, 4) is 11.4 Å². The Morgan fingerprint density at radius 1 is 1.06 bits per heavy atom. The maximum Gasteiger partial charge on any atom is 0.291 e. The van der Waals surface area contributed by atoms with Crippen molar-refractivity contribution in [1.29, 1.82) is 0 Å². The van der Waals surface area contributed by atoms with E-state index in [1.165, 1.54) is 21.4 Å². The van der Waals surface area contributed by atoms with Gasteiger partial charge < -0.3 is 4.90 Å². The summed E-state index contributed by atoms with van der Waals surface area (Å²) in [5, 5.41) is 4.49. The number of carbonyl (C=O) groups excluding carboxylic acids is 1. The zero-order valence-electron chi connectivity index (χ0n) is 19.6. The fourth-order valence-electron chi connectivity index (χ4n) is 4.19. The number of halogens is 1. The summed E-state index contributed by atoms with van der Waals surface area (Å²) in [5.41, 5.74) is 3.87. The number of thiazole rings is 1. The maximum absolute atomic E-state index is 13.4. The number of aromatic nitrogens is 3. The summed E-state index contributed by atoms with van der Waals surface area (Å²) in [6, 6.07) is 13.9. The Hall–Kier alpha value is -2.84. The van der Waals surface area contributed by atoms with Crippen molar-refractivity contribution >= 4 is 49.4 Å². The van der Waals surface area contributed by atoms with E-state index in [0.29, 0.717) is 27.4 Å². The fraction of sp³-hybridized carbons (Fsp3) is 0.308. The molecule has 0 saturated carbocycles. The van der Waals surface area contributed by atoms with Crippen LogP contribution in [-0.2, 0) is 10.2 Å². The standard InChI is InChI=1S/C26H25BrN4O2S/c1-5-6-13-30-19-12-11-17(27)14-18(19)20(23(30)32)21-24(33)31-25(34-21)28-22(29-31)15-7-9-16(10-8-15)26(2,3)4/h7-12,14H,5-6,13H2,1-4H3. The minimum atomic E-state index is -0.309. The second-order valence-corrected chi connectivity index (χ2v) is 11.4. The highest BCUT2D eigenvalue weighted by molar-refractivity contribution is 9.10. The molecule has 174 valence electrons. The van der Waals surface area contributed by atoms with Crippen LogP contribution in [-0.4, -0.2) is 27.0 Å². The van der Waals surface area contributed by atoms with Gasteiger partial charge in [-0.1, -0.05) is 85.6 Å². The van der Waals surface area contributed by atoms with Crippen molar-refractivity contribution < 1.29 is 4.79 Å². The quantitative estimate of drug-likeness (QED) is 0.370. The number of hydrogen-bond acceptors (Lipinski definition) is 5. The van der Waals surface area contributed by atoms with Crippen LogP contribution < -0.4 is 15.0 Å². The van der Waals surface area contributed by atoms with Crippen molar-refractivity contribution in [1.82, 2.24) is 14.6 Å². The molecule has 5 rings (SSSR count). The van der Waals surface area contributed by atoms with Gasteiger partial charge in [0.25, 0.3) is 11.5 Å². The first kappa shape index (κ1) is 22.9. The molecule has 1 aliphatic heterocycles. The predicted octanol–water partition coefficient (Wildman–Crippen LogP) is 4.94. The van der Waals surface area contributed by atoms with Crippen LogP contribution in [0, 0.1) is 0 Å². The van der Waals surface area contributed by atoms with Crippen molar-refractivity contribution in [3.63, 3.8) is 0 Å². The van der Waals surface area contributed by atoms with E-state index in [2.05, 4.69) is 65.8 Å². The van der Waals surface area contributed by atoms with E-state index in [0.717, 1.165) is 34.1 Å². The second kappa shape index (κ2) is 8.43. The third kappa shape index (κ3) is 3.79. The lowest BCUT2D eigenvalue weighted by Gasteiger charge is -2.18. The first-order chi connectivity index (χ1) is 16.2. The lowest BCUT2D eigenvalue weighted by atomic mass is 9.87. The second-order valence-electron chi connectivity index (χ2n) is 9.54. The molecular formula is C26H25BrN4O2S. The van der Waals surface area contributed by atoms with Gasteiger partial charge in [0, 0.05) is 22.1 Å². The Bertz CT molecular complexity index is 1530. The number of nitrogens with zero attached hydrogens (tertiary/aromatic N) is 4. The topological polar surface area (TPSA) is 67.6 Å². The van der Waals surface area contributed by atoms with E-state index in [1.54, 1.807) is 4.90 Å². The molecule has 0 aliphatic carbocycles. The van der Waals surface area contributed by atoms with Crippen LogP contribution >= 0.6 is 27.3 Å². The van der Waals surface area contributed by atoms with Gasteiger partial charge in [0.05, 0.1) is 11.3 Å².